The first kappa shape index (κ1) is 14.7. The summed E-state index contributed by atoms with van der Waals surface area (Å²) in [6.07, 6.45) is 3.96. The molecule has 2 rings (SSSR count). The average Bonchev–Trinajstić information content (AvgIpc) is 2.19. The van der Waals surface area contributed by atoms with E-state index in [-0.39, 0.29) is 21.1 Å². The zero-order valence-corrected chi connectivity index (χ0v) is 12.8. The van der Waals surface area contributed by atoms with E-state index in [4.69, 9.17) is 4.74 Å². The first-order chi connectivity index (χ1) is 6.77. The molecule has 2 heteroatoms. The summed E-state index contributed by atoms with van der Waals surface area (Å²) in [5.41, 5.74) is 1.35. The van der Waals surface area contributed by atoms with Crippen LogP contribution in [0.2, 0.25) is 0 Å². The van der Waals surface area contributed by atoms with Crippen molar-refractivity contribution in [3.8, 4) is 5.75 Å². The van der Waals surface area contributed by atoms with Crippen LogP contribution >= 0.6 is 0 Å². The fourth-order valence-corrected chi connectivity index (χ4v) is 1.46. The minimum absolute atomic E-state index is 0. The zero-order chi connectivity index (χ0) is 10.4. The van der Waals surface area contributed by atoms with Gasteiger partial charge in [-0.2, -0.15) is 0 Å². The van der Waals surface area contributed by atoms with Gasteiger partial charge in [0.1, 0.15) is 5.75 Å². The van der Waals surface area contributed by atoms with Gasteiger partial charge in [-0.3, -0.25) is 0 Å². The number of hydrogen-bond acceptors (Lipinski definition) is 1. The molecular weight excluding hydrogens is 356 g/mol. The molecule has 0 fully saturated rings. The van der Waals surface area contributed by atoms with Crippen LogP contribution in [0.25, 0.3) is 0 Å². The molecule has 0 saturated heterocycles. The Kier molecular flexibility index (Phi) is 7.78. The van der Waals surface area contributed by atoms with Gasteiger partial charge in [0.25, 0.3) is 0 Å². The van der Waals surface area contributed by atoms with Crippen LogP contribution in [-0.2, 0) is 27.5 Å². The quantitative estimate of drug-likeness (QED) is 0.669. The van der Waals surface area contributed by atoms with E-state index in [1.54, 1.807) is 0 Å². The van der Waals surface area contributed by atoms with Crippen molar-refractivity contribution in [3.63, 3.8) is 0 Å². The molecule has 0 aromatic heterocycles. The molecule has 0 bridgehead atoms. The second kappa shape index (κ2) is 7.93. The Morgan fingerprint density at radius 1 is 1.27 bits per heavy atom. The number of benzene rings is 1. The molecule has 1 aliphatic heterocycles. The molecule has 1 unspecified atom stereocenters. The van der Waals surface area contributed by atoms with Gasteiger partial charge in [0.05, 0.1) is 6.10 Å². The van der Waals surface area contributed by atoms with Gasteiger partial charge in [-0.1, -0.05) is 38.5 Å². The molecular formula is C13H20OW. The fraction of sp³-hybridized carbons (Fsp3) is 0.538. The SMILES string of the molecule is CC1CCc2ccccc2O1.CCC.[W]. The van der Waals surface area contributed by atoms with Gasteiger partial charge in [0, 0.05) is 21.1 Å². The van der Waals surface area contributed by atoms with E-state index in [0.717, 1.165) is 18.6 Å². The Labute approximate surface area is 107 Å². The molecule has 1 atom stereocenters. The first-order valence-corrected chi connectivity index (χ1v) is 5.52. The molecule has 84 valence electrons. The summed E-state index contributed by atoms with van der Waals surface area (Å²) in [7, 11) is 0. The number of para-hydroxylation sites is 1. The third-order valence-electron chi connectivity index (χ3n) is 2.12. The monoisotopic (exact) mass is 376 g/mol. The first-order valence-electron chi connectivity index (χ1n) is 5.52. The van der Waals surface area contributed by atoms with Gasteiger partial charge in [-0.25, -0.2) is 0 Å². The van der Waals surface area contributed by atoms with E-state index in [1.807, 2.05) is 12.1 Å². The van der Waals surface area contributed by atoms with Crippen LogP contribution in [0.1, 0.15) is 39.2 Å². The van der Waals surface area contributed by atoms with Gasteiger partial charge in [-0.15, -0.1) is 0 Å². The van der Waals surface area contributed by atoms with Crippen LogP contribution in [0.4, 0.5) is 0 Å². The molecule has 0 radical (unpaired) electrons. The Bertz CT molecular complexity index is 273. The number of hydrogen-bond donors (Lipinski definition) is 0. The molecule has 0 amide bonds. The fourth-order valence-electron chi connectivity index (χ4n) is 1.46. The Balaban J connectivity index is 0.000000443. The molecule has 1 aliphatic rings. The smallest absolute Gasteiger partial charge is 0.122 e. The zero-order valence-electron chi connectivity index (χ0n) is 9.82. The maximum atomic E-state index is 5.63. The van der Waals surface area contributed by atoms with Crippen molar-refractivity contribution in [2.75, 3.05) is 0 Å². The number of aryl methyl sites for hydroxylation is 1. The minimum atomic E-state index is 0. The van der Waals surface area contributed by atoms with Gasteiger partial charge in [0.2, 0.25) is 0 Å². The molecule has 0 spiro atoms. The normalized spacial score (nSPS) is 17.4. The summed E-state index contributed by atoms with van der Waals surface area (Å²) >= 11 is 0. The van der Waals surface area contributed by atoms with Gasteiger partial charge >= 0.3 is 0 Å². The van der Waals surface area contributed by atoms with E-state index in [1.165, 1.54) is 12.0 Å². The van der Waals surface area contributed by atoms with Crippen LogP contribution in [0, 0.1) is 0 Å². The van der Waals surface area contributed by atoms with Crippen molar-refractivity contribution in [1.82, 2.24) is 0 Å². The van der Waals surface area contributed by atoms with Crippen molar-refractivity contribution in [1.29, 1.82) is 0 Å². The molecule has 0 aliphatic carbocycles. The van der Waals surface area contributed by atoms with Gasteiger partial charge in [0.15, 0.2) is 0 Å². The van der Waals surface area contributed by atoms with Crippen molar-refractivity contribution in [2.24, 2.45) is 0 Å². The molecule has 1 aromatic rings. The molecule has 0 saturated carbocycles. The van der Waals surface area contributed by atoms with Gasteiger partial charge in [-0.05, 0) is 31.4 Å². The molecule has 0 N–H and O–H groups in total. The van der Waals surface area contributed by atoms with E-state index in [0.29, 0.717) is 6.10 Å². The second-order valence-corrected chi connectivity index (χ2v) is 3.78. The third-order valence-corrected chi connectivity index (χ3v) is 2.12. The Hall–Kier alpha value is -0.292. The van der Waals surface area contributed by atoms with Crippen LogP contribution in [0.3, 0.4) is 0 Å². The third kappa shape index (κ3) is 4.84. The van der Waals surface area contributed by atoms with Crippen LogP contribution in [0.5, 0.6) is 5.75 Å². The summed E-state index contributed by atoms with van der Waals surface area (Å²) in [5.74, 6) is 1.08. The molecule has 15 heavy (non-hydrogen) atoms. The van der Waals surface area contributed by atoms with Crippen molar-refractivity contribution in [2.45, 2.75) is 46.1 Å². The van der Waals surface area contributed by atoms with E-state index in [9.17, 15) is 0 Å². The second-order valence-electron chi connectivity index (χ2n) is 3.78. The van der Waals surface area contributed by atoms with Crippen LogP contribution in [-0.4, -0.2) is 6.10 Å². The number of ether oxygens (including phenoxy) is 1. The van der Waals surface area contributed by atoms with Crippen molar-refractivity contribution >= 4 is 0 Å². The summed E-state index contributed by atoms with van der Waals surface area (Å²) in [6.45, 7) is 6.37. The summed E-state index contributed by atoms with van der Waals surface area (Å²) in [4.78, 5) is 0. The van der Waals surface area contributed by atoms with Crippen molar-refractivity contribution < 1.29 is 25.8 Å². The predicted molar refractivity (Wildman–Crippen MR) is 60.8 cm³/mol. The summed E-state index contributed by atoms with van der Waals surface area (Å²) in [5, 5.41) is 0. The predicted octanol–water partition coefficient (Wildman–Crippen LogP) is 3.81. The maximum absolute atomic E-state index is 5.63. The Morgan fingerprint density at radius 3 is 2.53 bits per heavy atom. The summed E-state index contributed by atoms with van der Waals surface area (Å²) in [6, 6.07) is 8.28. The number of rotatable bonds is 0. The minimum Gasteiger partial charge on any atom is -0.490 e. The average molecular weight is 376 g/mol. The van der Waals surface area contributed by atoms with Crippen molar-refractivity contribution in [3.05, 3.63) is 29.8 Å². The van der Waals surface area contributed by atoms with E-state index >= 15 is 0 Å². The van der Waals surface area contributed by atoms with Gasteiger partial charge < -0.3 is 4.74 Å². The number of fused-ring (bicyclic) bond motifs is 1. The summed E-state index contributed by atoms with van der Waals surface area (Å²) < 4.78 is 5.63. The largest absolute Gasteiger partial charge is 0.490 e. The van der Waals surface area contributed by atoms with Crippen LogP contribution < -0.4 is 4.74 Å². The standard InChI is InChI=1S/C10H12O.C3H8.W/c1-8-6-7-9-4-2-3-5-10(9)11-8;1-3-2;/h2-5,8H,6-7H2,1H3;3H2,1-2H3;. The van der Waals surface area contributed by atoms with E-state index in [2.05, 4.69) is 32.9 Å². The molecule has 1 heterocycles. The Morgan fingerprint density at radius 2 is 1.87 bits per heavy atom. The topological polar surface area (TPSA) is 9.23 Å². The molecule has 1 nitrogen and oxygen atoms in total. The van der Waals surface area contributed by atoms with Crippen LogP contribution in [0.15, 0.2) is 24.3 Å². The maximum Gasteiger partial charge on any atom is 0.122 e. The molecule has 1 aromatic carbocycles. The van der Waals surface area contributed by atoms with E-state index < -0.39 is 0 Å².